The average molecular weight is 437 g/mol. The number of nitrogens with one attached hydrogen (secondary N) is 1. The van der Waals surface area contributed by atoms with Gasteiger partial charge in [0.15, 0.2) is 6.61 Å². The van der Waals surface area contributed by atoms with Gasteiger partial charge >= 0.3 is 6.18 Å². The van der Waals surface area contributed by atoms with Crippen LogP contribution in [-0.2, 0) is 12.3 Å². The number of halogens is 3. The fraction of sp³-hybridized carbons (Fsp3) is 0.250. The monoisotopic (exact) mass is 437 g/mol. The summed E-state index contributed by atoms with van der Waals surface area (Å²) in [4.78, 5) is 17.2. The fourth-order valence-corrected chi connectivity index (χ4v) is 3.41. The molecule has 30 heavy (non-hydrogen) atoms. The fourth-order valence-electron chi connectivity index (χ4n) is 2.49. The number of carbonyl (C=O) groups excluding carboxylic acids is 1. The third kappa shape index (κ3) is 6.51. The number of nitrogens with zero attached hydrogens (tertiary/aromatic N) is 2. The minimum atomic E-state index is -4.45. The van der Waals surface area contributed by atoms with E-state index >= 15 is 0 Å². The lowest BCUT2D eigenvalue weighted by molar-refractivity contribution is -0.154. The first kappa shape index (κ1) is 21.7. The molecule has 2 heterocycles. The highest BCUT2D eigenvalue weighted by Crippen LogP contribution is 2.26. The van der Waals surface area contributed by atoms with Crippen LogP contribution in [-0.4, -0.2) is 28.8 Å². The Morgan fingerprint density at radius 3 is 2.77 bits per heavy atom. The number of rotatable bonds is 8. The molecule has 0 spiro atoms. The van der Waals surface area contributed by atoms with Crippen molar-refractivity contribution in [3.8, 4) is 5.88 Å². The van der Waals surface area contributed by atoms with Crippen molar-refractivity contribution < 1.29 is 27.2 Å². The molecule has 0 fully saturated rings. The minimum Gasteiger partial charge on any atom is -0.468 e. The molecule has 3 rings (SSSR count). The summed E-state index contributed by atoms with van der Waals surface area (Å²) in [7, 11) is 0. The third-order valence-corrected chi connectivity index (χ3v) is 4.91. The molecule has 1 amide bonds. The lowest BCUT2D eigenvalue weighted by Crippen LogP contribution is -2.23. The number of aromatic nitrogens is 2. The van der Waals surface area contributed by atoms with Gasteiger partial charge in [-0.2, -0.15) is 13.2 Å². The van der Waals surface area contributed by atoms with Crippen LogP contribution in [0.2, 0.25) is 0 Å². The van der Waals surface area contributed by atoms with E-state index in [-0.39, 0.29) is 18.3 Å². The first-order valence-corrected chi connectivity index (χ1v) is 9.85. The molecule has 0 radical (unpaired) electrons. The van der Waals surface area contributed by atoms with Crippen LogP contribution in [0.4, 0.5) is 13.2 Å². The smallest absolute Gasteiger partial charge is 0.422 e. The second-order valence-corrected chi connectivity index (χ2v) is 7.33. The van der Waals surface area contributed by atoms with Crippen LogP contribution in [0.15, 0.2) is 58.1 Å². The van der Waals surface area contributed by atoms with E-state index in [9.17, 15) is 18.0 Å². The van der Waals surface area contributed by atoms with Crippen LogP contribution >= 0.6 is 11.8 Å². The van der Waals surface area contributed by atoms with Gasteiger partial charge in [-0.3, -0.25) is 4.79 Å². The molecule has 6 nitrogen and oxygen atoms in total. The molecule has 0 aliphatic rings. The quantitative estimate of drug-likeness (QED) is 0.522. The summed E-state index contributed by atoms with van der Waals surface area (Å²) in [6.07, 6.45) is -3.12. The van der Waals surface area contributed by atoms with Crippen molar-refractivity contribution in [3.05, 3.63) is 71.2 Å². The van der Waals surface area contributed by atoms with Crippen LogP contribution in [0, 0.1) is 6.92 Å². The van der Waals surface area contributed by atoms with Gasteiger partial charge in [0.1, 0.15) is 5.76 Å². The lowest BCUT2D eigenvalue weighted by atomic mass is 10.2. The molecular formula is C20H18F3N3O3S. The Labute approximate surface area is 174 Å². The average Bonchev–Trinajstić information content (AvgIpc) is 3.14. The van der Waals surface area contributed by atoms with E-state index in [0.29, 0.717) is 22.6 Å². The number of alkyl halides is 3. The molecule has 1 N–H and O–H groups in total. The van der Waals surface area contributed by atoms with E-state index in [1.165, 1.54) is 24.0 Å². The van der Waals surface area contributed by atoms with Crippen LogP contribution in [0.1, 0.15) is 27.4 Å². The molecule has 0 aliphatic carbocycles. The van der Waals surface area contributed by atoms with Gasteiger partial charge in [-0.05, 0) is 30.7 Å². The molecule has 0 saturated carbocycles. The maximum atomic E-state index is 12.6. The zero-order valence-electron chi connectivity index (χ0n) is 15.9. The zero-order chi connectivity index (χ0) is 21.6. The van der Waals surface area contributed by atoms with Crippen LogP contribution < -0.4 is 10.1 Å². The van der Waals surface area contributed by atoms with Crippen molar-refractivity contribution in [2.45, 2.75) is 30.3 Å². The maximum Gasteiger partial charge on any atom is 0.422 e. The minimum absolute atomic E-state index is 0.115. The van der Waals surface area contributed by atoms with Gasteiger partial charge < -0.3 is 14.6 Å². The van der Waals surface area contributed by atoms with E-state index in [1.54, 1.807) is 18.2 Å². The highest BCUT2D eigenvalue weighted by Gasteiger charge is 2.28. The number of hydrogen-bond acceptors (Lipinski definition) is 6. The Hall–Kier alpha value is -3.01. The Kier molecular flexibility index (Phi) is 6.99. The topological polar surface area (TPSA) is 77.2 Å². The molecule has 158 valence electrons. The number of hydrogen-bond donors (Lipinski definition) is 1. The highest BCUT2D eigenvalue weighted by molar-refractivity contribution is 7.98. The predicted molar refractivity (Wildman–Crippen MR) is 104 cm³/mol. The number of aryl methyl sites for hydroxylation is 1. The predicted octanol–water partition coefficient (Wildman–Crippen LogP) is 4.54. The van der Waals surface area contributed by atoms with E-state index in [4.69, 9.17) is 4.52 Å². The van der Waals surface area contributed by atoms with Gasteiger partial charge in [0.25, 0.3) is 5.91 Å². The van der Waals surface area contributed by atoms with E-state index in [2.05, 4.69) is 20.2 Å². The molecule has 3 aromatic rings. The Bertz CT molecular complexity index is 1010. The second-order valence-electron chi connectivity index (χ2n) is 6.31. The van der Waals surface area contributed by atoms with Gasteiger partial charge in [0.05, 0.1) is 17.0 Å². The summed E-state index contributed by atoms with van der Waals surface area (Å²) in [6.45, 7) is 0.521. The third-order valence-electron chi connectivity index (χ3n) is 3.81. The normalized spacial score (nSPS) is 11.3. The molecule has 1 aromatic carbocycles. The number of thioether (sulfide) groups is 1. The van der Waals surface area contributed by atoms with Crippen molar-refractivity contribution in [2.24, 2.45) is 0 Å². The summed E-state index contributed by atoms with van der Waals surface area (Å²) < 4.78 is 46.6. The molecule has 10 heteroatoms. The number of pyridine rings is 1. The highest BCUT2D eigenvalue weighted by atomic mass is 32.2. The summed E-state index contributed by atoms with van der Waals surface area (Å²) >= 11 is 1.44. The number of carbonyl (C=O) groups is 1. The van der Waals surface area contributed by atoms with Gasteiger partial charge in [-0.1, -0.05) is 17.3 Å². The largest absolute Gasteiger partial charge is 0.468 e. The Morgan fingerprint density at radius 1 is 1.23 bits per heavy atom. The van der Waals surface area contributed by atoms with Gasteiger partial charge in [-0.25, -0.2) is 4.98 Å². The summed E-state index contributed by atoms with van der Waals surface area (Å²) in [5.74, 6) is 0.768. The lowest BCUT2D eigenvalue weighted by Gasteiger charge is -2.11. The number of benzene rings is 1. The molecule has 0 bridgehead atoms. The molecule has 0 saturated heterocycles. The molecule has 2 aromatic heterocycles. The Morgan fingerprint density at radius 2 is 2.03 bits per heavy atom. The standard InChI is InChI=1S/C20H18F3N3O3S/c1-13-8-15(29-26-13)11-30-17-5-3-2-4-16(17)19(27)25-10-14-6-7-24-18(9-14)28-12-20(21,22)23/h2-9H,10-12H2,1H3,(H,25,27). The first-order chi connectivity index (χ1) is 14.3. The second kappa shape index (κ2) is 9.66. The SMILES string of the molecule is Cc1cc(CSc2ccccc2C(=O)NCc2ccnc(OCC(F)(F)F)c2)on1. The van der Waals surface area contributed by atoms with Gasteiger partial charge in [0.2, 0.25) is 5.88 Å². The molecular weight excluding hydrogens is 419 g/mol. The van der Waals surface area contributed by atoms with Crippen molar-refractivity contribution in [3.63, 3.8) is 0 Å². The van der Waals surface area contributed by atoms with Crippen molar-refractivity contribution >= 4 is 17.7 Å². The van der Waals surface area contributed by atoms with E-state index in [1.807, 2.05) is 25.1 Å². The van der Waals surface area contributed by atoms with Crippen molar-refractivity contribution in [1.82, 2.24) is 15.5 Å². The number of ether oxygens (including phenoxy) is 1. The van der Waals surface area contributed by atoms with Crippen LogP contribution in [0.5, 0.6) is 5.88 Å². The summed E-state index contributed by atoms with van der Waals surface area (Å²) in [5, 5.41) is 6.60. The maximum absolute atomic E-state index is 12.6. The van der Waals surface area contributed by atoms with Gasteiger partial charge in [0, 0.05) is 29.8 Å². The summed E-state index contributed by atoms with van der Waals surface area (Å²) in [6, 6.07) is 11.9. The molecule has 0 atom stereocenters. The van der Waals surface area contributed by atoms with Crippen molar-refractivity contribution in [1.29, 1.82) is 0 Å². The van der Waals surface area contributed by atoms with E-state index < -0.39 is 12.8 Å². The number of amides is 1. The Balaban J connectivity index is 1.60. The van der Waals surface area contributed by atoms with E-state index in [0.717, 1.165) is 10.6 Å². The molecule has 0 aliphatic heterocycles. The van der Waals surface area contributed by atoms with Crippen LogP contribution in [0.25, 0.3) is 0 Å². The van der Waals surface area contributed by atoms with Crippen molar-refractivity contribution in [2.75, 3.05) is 6.61 Å². The summed E-state index contributed by atoms with van der Waals surface area (Å²) in [5.41, 5.74) is 1.84. The van der Waals surface area contributed by atoms with Crippen LogP contribution in [0.3, 0.4) is 0 Å². The first-order valence-electron chi connectivity index (χ1n) is 8.87. The molecule has 0 unspecified atom stereocenters. The zero-order valence-corrected chi connectivity index (χ0v) is 16.7. The van der Waals surface area contributed by atoms with Gasteiger partial charge in [-0.15, -0.1) is 11.8 Å².